The van der Waals surface area contributed by atoms with Crippen LogP contribution >= 0.6 is 11.6 Å². The van der Waals surface area contributed by atoms with E-state index in [2.05, 4.69) is 4.98 Å². The summed E-state index contributed by atoms with van der Waals surface area (Å²) in [6.07, 6.45) is 0. The number of nitro benzene ring substituents is 1. The van der Waals surface area contributed by atoms with E-state index in [-0.39, 0.29) is 22.1 Å². The van der Waals surface area contributed by atoms with Gasteiger partial charge >= 0.3 is 0 Å². The minimum absolute atomic E-state index is 0.0157. The molecule has 0 spiro atoms. The van der Waals surface area contributed by atoms with Crippen molar-refractivity contribution < 1.29 is 9.31 Å². The molecule has 1 aromatic heterocycles. The molecule has 0 saturated heterocycles. The summed E-state index contributed by atoms with van der Waals surface area (Å²) in [6.45, 7) is 0. The van der Waals surface area contributed by atoms with Crippen LogP contribution in [0.5, 0.6) is 0 Å². The molecule has 0 radical (unpaired) electrons. The average molecular weight is 369 g/mol. The van der Waals surface area contributed by atoms with Crippen molar-refractivity contribution in [2.45, 2.75) is 0 Å². The molecule has 0 aliphatic rings. The van der Waals surface area contributed by atoms with Gasteiger partial charge < -0.3 is 5.73 Å². The van der Waals surface area contributed by atoms with Crippen LogP contribution in [0.4, 0.5) is 15.9 Å². The first kappa shape index (κ1) is 17.3. The van der Waals surface area contributed by atoms with Crippen LogP contribution in [0.2, 0.25) is 5.02 Å². The number of hydrogen-bond donors (Lipinski definition) is 1. The lowest BCUT2D eigenvalue weighted by Gasteiger charge is -2.10. The molecule has 0 saturated carbocycles. The van der Waals surface area contributed by atoms with Gasteiger partial charge in [0.05, 0.1) is 10.6 Å². The smallest absolute Gasteiger partial charge is 0.288 e. The Bertz CT molecular complexity index is 1060. The van der Waals surface area contributed by atoms with Gasteiger partial charge in [-0.15, -0.1) is 0 Å². The van der Waals surface area contributed by atoms with Crippen LogP contribution in [-0.2, 0) is 0 Å². The zero-order valence-corrected chi connectivity index (χ0v) is 13.9. The van der Waals surface area contributed by atoms with E-state index in [1.165, 1.54) is 36.4 Å². The number of aromatic nitrogens is 1. The van der Waals surface area contributed by atoms with E-state index in [9.17, 15) is 19.8 Å². The van der Waals surface area contributed by atoms with Crippen molar-refractivity contribution in [2.24, 2.45) is 0 Å². The number of nitrogens with two attached hydrogens (primary N) is 1. The van der Waals surface area contributed by atoms with E-state index in [4.69, 9.17) is 17.3 Å². The molecule has 2 N–H and O–H groups in total. The molecule has 1 heterocycles. The fourth-order valence-electron chi connectivity index (χ4n) is 2.50. The number of nitriles is 1. The zero-order chi connectivity index (χ0) is 18.8. The minimum Gasteiger partial charge on any atom is -0.383 e. The predicted octanol–water partition coefficient (Wildman–Crippen LogP) is 4.57. The third kappa shape index (κ3) is 3.18. The first-order valence-electron chi connectivity index (χ1n) is 7.31. The molecule has 2 aromatic carbocycles. The van der Waals surface area contributed by atoms with Crippen LogP contribution in [0.25, 0.3) is 22.4 Å². The Morgan fingerprint density at radius 1 is 1.15 bits per heavy atom. The maximum absolute atomic E-state index is 13.1. The van der Waals surface area contributed by atoms with Crippen molar-refractivity contribution >= 4 is 23.1 Å². The van der Waals surface area contributed by atoms with Crippen LogP contribution in [0.1, 0.15) is 5.56 Å². The molecule has 8 heteroatoms. The van der Waals surface area contributed by atoms with Crippen LogP contribution in [0.3, 0.4) is 0 Å². The fraction of sp³-hybridized carbons (Fsp3) is 0. The molecule has 0 atom stereocenters. The topological polar surface area (TPSA) is 106 Å². The second-order valence-electron chi connectivity index (χ2n) is 5.36. The number of benzene rings is 2. The summed E-state index contributed by atoms with van der Waals surface area (Å²) in [5, 5.41) is 20.5. The van der Waals surface area contributed by atoms with E-state index in [0.29, 0.717) is 22.4 Å². The molecule has 0 amide bonds. The van der Waals surface area contributed by atoms with Gasteiger partial charge in [0, 0.05) is 17.2 Å². The Hall–Kier alpha value is -3.50. The summed E-state index contributed by atoms with van der Waals surface area (Å²) in [4.78, 5) is 14.7. The van der Waals surface area contributed by atoms with Gasteiger partial charge in [-0.2, -0.15) is 5.26 Å². The van der Waals surface area contributed by atoms with Gasteiger partial charge in [0.1, 0.15) is 28.3 Å². The van der Waals surface area contributed by atoms with Gasteiger partial charge in [-0.3, -0.25) is 10.1 Å². The fourth-order valence-corrected chi connectivity index (χ4v) is 2.69. The summed E-state index contributed by atoms with van der Waals surface area (Å²) >= 11 is 5.85. The monoisotopic (exact) mass is 368 g/mol. The highest BCUT2D eigenvalue weighted by Gasteiger charge is 2.18. The number of nitro groups is 1. The zero-order valence-electron chi connectivity index (χ0n) is 13.1. The highest BCUT2D eigenvalue weighted by atomic mass is 35.5. The summed E-state index contributed by atoms with van der Waals surface area (Å²) < 4.78 is 13.1. The Morgan fingerprint density at radius 2 is 1.81 bits per heavy atom. The van der Waals surface area contributed by atoms with E-state index >= 15 is 0 Å². The molecule has 6 nitrogen and oxygen atoms in total. The van der Waals surface area contributed by atoms with Crippen LogP contribution < -0.4 is 5.73 Å². The largest absolute Gasteiger partial charge is 0.383 e. The summed E-state index contributed by atoms with van der Waals surface area (Å²) in [6, 6.07) is 13.3. The summed E-state index contributed by atoms with van der Waals surface area (Å²) in [5.41, 5.74) is 7.48. The third-order valence-corrected chi connectivity index (χ3v) is 4.07. The van der Waals surface area contributed by atoms with E-state index < -0.39 is 10.7 Å². The maximum Gasteiger partial charge on any atom is 0.288 e. The average Bonchev–Trinajstić information content (AvgIpc) is 2.62. The molecule has 0 unspecified atom stereocenters. The molecule has 0 aliphatic carbocycles. The lowest BCUT2D eigenvalue weighted by molar-refractivity contribution is -0.384. The highest BCUT2D eigenvalue weighted by Crippen LogP contribution is 2.35. The quantitative estimate of drug-likeness (QED) is 0.538. The normalized spacial score (nSPS) is 10.3. The molecule has 3 aromatic rings. The van der Waals surface area contributed by atoms with Gasteiger partial charge in [0.25, 0.3) is 5.69 Å². The van der Waals surface area contributed by atoms with Crippen molar-refractivity contribution in [1.29, 1.82) is 5.26 Å². The Labute approximate surface area is 152 Å². The van der Waals surface area contributed by atoms with Crippen LogP contribution in [-0.4, -0.2) is 9.91 Å². The van der Waals surface area contributed by atoms with Crippen molar-refractivity contribution in [2.75, 3.05) is 5.73 Å². The van der Waals surface area contributed by atoms with Crippen molar-refractivity contribution in [1.82, 2.24) is 4.98 Å². The first-order chi connectivity index (χ1) is 12.4. The van der Waals surface area contributed by atoms with Gasteiger partial charge in [-0.1, -0.05) is 17.7 Å². The summed E-state index contributed by atoms with van der Waals surface area (Å²) in [5.74, 6) is -0.425. The van der Waals surface area contributed by atoms with Crippen molar-refractivity contribution in [3.05, 3.63) is 75.0 Å². The number of hydrogen-bond acceptors (Lipinski definition) is 5. The molecule has 0 aliphatic heterocycles. The van der Waals surface area contributed by atoms with E-state index in [0.717, 1.165) is 0 Å². The number of nitrogen functional groups attached to an aromatic ring is 1. The van der Waals surface area contributed by atoms with Gasteiger partial charge in [0.15, 0.2) is 0 Å². The van der Waals surface area contributed by atoms with Crippen LogP contribution in [0, 0.1) is 27.3 Å². The van der Waals surface area contributed by atoms with E-state index in [1.807, 2.05) is 6.07 Å². The SMILES string of the molecule is N#Cc1c(-c2ccc(Cl)c([N+](=O)[O-])c2)cc(-c2ccc(F)cc2)nc1N. The second-order valence-corrected chi connectivity index (χ2v) is 5.76. The molecule has 128 valence electrons. The lowest BCUT2D eigenvalue weighted by Crippen LogP contribution is -2.00. The first-order valence-corrected chi connectivity index (χ1v) is 7.69. The molecular formula is C18H10ClFN4O2. The number of halogens is 2. The van der Waals surface area contributed by atoms with Gasteiger partial charge in [-0.25, -0.2) is 9.37 Å². The highest BCUT2D eigenvalue weighted by molar-refractivity contribution is 6.32. The van der Waals surface area contributed by atoms with Crippen LogP contribution in [0.15, 0.2) is 48.5 Å². The van der Waals surface area contributed by atoms with Crippen molar-refractivity contribution in [3.8, 4) is 28.5 Å². The Balaban J connectivity index is 2.23. The molecule has 0 bridgehead atoms. The van der Waals surface area contributed by atoms with E-state index in [1.54, 1.807) is 12.1 Å². The van der Waals surface area contributed by atoms with Crippen molar-refractivity contribution in [3.63, 3.8) is 0 Å². The standard InChI is InChI=1S/C18H10ClFN4O2/c19-15-6-3-11(7-17(15)24(25)26)13-8-16(23-18(22)14(13)9-21)10-1-4-12(20)5-2-10/h1-8H,(H2,22,23). The van der Waals surface area contributed by atoms with Gasteiger partial charge in [0.2, 0.25) is 0 Å². The Kier molecular flexibility index (Phi) is 4.52. The summed E-state index contributed by atoms with van der Waals surface area (Å²) in [7, 11) is 0. The number of nitrogens with zero attached hydrogens (tertiary/aromatic N) is 3. The molecule has 0 fully saturated rings. The van der Waals surface area contributed by atoms with Gasteiger partial charge in [-0.05, 0) is 42.0 Å². The molecule has 3 rings (SSSR count). The lowest BCUT2D eigenvalue weighted by atomic mass is 9.98. The minimum atomic E-state index is -0.608. The predicted molar refractivity (Wildman–Crippen MR) is 95.9 cm³/mol. The number of pyridine rings is 1. The third-order valence-electron chi connectivity index (χ3n) is 3.75. The number of anilines is 1. The molecule has 26 heavy (non-hydrogen) atoms. The Morgan fingerprint density at radius 3 is 2.42 bits per heavy atom. The second kappa shape index (κ2) is 6.78. The molecular weight excluding hydrogens is 359 g/mol. The number of rotatable bonds is 3. The maximum atomic E-state index is 13.1.